The Kier molecular flexibility index (Phi) is 4.64. The zero-order valence-corrected chi connectivity index (χ0v) is 16.8. The second kappa shape index (κ2) is 7.08. The molecule has 0 radical (unpaired) electrons. The third kappa shape index (κ3) is 3.08. The molecular formula is C25H19I. The van der Waals surface area contributed by atoms with Crippen LogP contribution in [0.5, 0.6) is 0 Å². The summed E-state index contributed by atoms with van der Waals surface area (Å²) in [6.07, 6.45) is 6.16. The van der Waals surface area contributed by atoms with E-state index >= 15 is 0 Å². The Morgan fingerprint density at radius 2 is 1.42 bits per heavy atom. The van der Waals surface area contributed by atoms with Gasteiger partial charge in [0.15, 0.2) is 0 Å². The van der Waals surface area contributed by atoms with E-state index in [-0.39, 0.29) is 0 Å². The van der Waals surface area contributed by atoms with Gasteiger partial charge in [-0.15, -0.1) is 0 Å². The molecule has 126 valence electrons. The molecular weight excluding hydrogens is 427 g/mol. The van der Waals surface area contributed by atoms with E-state index in [9.17, 15) is 0 Å². The van der Waals surface area contributed by atoms with Crippen LogP contribution < -0.4 is 0 Å². The molecule has 0 fully saturated rings. The lowest BCUT2D eigenvalue weighted by Crippen LogP contribution is -1.86. The van der Waals surface area contributed by atoms with Gasteiger partial charge in [-0.25, -0.2) is 0 Å². The monoisotopic (exact) mass is 446 g/mol. The van der Waals surface area contributed by atoms with Gasteiger partial charge in [-0.05, 0) is 97.6 Å². The first-order valence-electron chi connectivity index (χ1n) is 8.71. The van der Waals surface area contributed by atoms with Gasteiger partial charge in [-0.3, -0.25) is 0 Å². The Morgan fingerprint density at radius 3 is 2.19 bits per heavy atom. The predicted octanol–water partition coefficient (Wildman–Crippen LogP) is 7.94. The van der Waals surface area contributed by atoms with E-state index < -0.39 is 0 Å². The molecule has 4 aromatic carbocycles. The van der Waals surface area contributed by atoms with Crippen LogP contribution >= 0.6 is 22.6 Å². The molecule has 26 heavy (non-hydrogen) atoms. The van der Waals surface area contributed by atoms with Gasteiger partial charge in [0.1, 0.15) is 0 Å². The van der Waals surface area contributed by atoms with Crippen molar-refractivity contribution in [3.8, 4) is 11.1 Å². The molecule has 4 aromatic rings. The van der Waals surface area contributed by atoms with Gasteiger partial charge in [0.05, 0.1) is 0 Å². The van der Waals surface area contributed by atoms with Gasteiger partial charge < -0.3 is 0 Å². The standard InChI is InChI=1S/C25H19I/c1-3-5-17-6-9-22-15-20(11-13-25(22)24(17)4-2)18-7-8-21-16-23(26)12-10-19(21)14-18/h3-16H,2H2,1H3/b5-3-. The molecule has 0 saturated heterocycles. The molecule has 0 unspecified atom stereocenters. The summed E-state index contributed by atoms with van der Waals surface area (Å²) < 4.78 is 1.27. The highest BCUT2D eigenvalue weighted by atomic mass is 127. The Bertz CT molecular complexity index is 1170. The van der Waals surface area contributed by atoms with Crippen molar-refractivity contribution in [3.05, 3.63) is 94.1 Å². The Morgan fingerprint density at radius 1 is 0.769 bits per heavy atom. The van der Waals surface area contributed by atoms with Crippen molar-refractivity contribution in [2.75, 3.05) is 0 Å². The Balaban J connectivity index is 1.86. The smallest absolute Gasteiger partial charge is 0.0136 e. The number of rotatable bonds is 3. The number of halogens is 1. The van der Waals surface area contributed by atoms with Gasteiger partial charge in [-0.1, -0.05) is 67.3 Å². The Hall–Kier alpha value is -2.39. The molecule has 0 aromatic heterocycles. The molecule has 4 rings (SSSR count). The molecule has 1 heteroatoms. The van der Waals surface area contributed by atoms with Crippen molar-refractivity contribution in [2.45, 2.75) is 6.92 Å². The highest BCUT2D eigenvalue weighted by molar-refractivity contribution is 14.1. The van der Waals surface area contributed by atoms with Gasteiger partial charge >= 0.3 is 0 Å². The van der Waals surface area contributed by atoms with Crippen LogP contribution in [0.2, 0.25) is 0 Å². The van der Waals surface area contributed by atoms with E-state index in [0.717, 1.165) is 0 Å². The lowest BCUT2D eigenvalue weighted by molar-refractivity contribution is 1.63. The summed E-state index contributed by atoms with van der Waals surface area (Å²) in [5.74, 6) is 0. The second-order valence-electron chi connectivity index (χ2n) is 6.41. The van der Waals surface area contributed by atoms with Crippen LogP contribution in [-0.4, -0.2) is 0 Å². The second-order valence-corrected chi connectivity index (χ2v) is 7.66. The van der Waals surface area contributed by atoms with E-state index in [4.69, 9.17) is 0 Å². The van der Waals surface area contributed by atoms with Crippen LogP contribution in [-0.2, 0) is 0 Å². The molecule has 0 spiro atoms. The van der Waals surface area contributed by atoms with E-state index in [1.807, 2.05) is 13.0 Å². The maximum absolute atomic E-state index is 4.01. The van der Waals surface area contributed by atoms with Crippen LogP contribution in [0.1, 0.15) is 18.1 Å². The molecule has 0 N–H and O–H groups in total. The fourth-order valence-electron chi connectivity index (χ4n) is 3.50. The highest BCUT2D eigenvalue weighted by Gasteiger charge is 2.06. The predicted molar refractivity (Wildman–Crippen MR) is 124 cm³/mol. The van der Waals surface area contributed by atoms with Crippen LogP contribution in [0.3, 0.4) is 0 Å². The van der Waals surface area contributed by atoms with Crippen LogP contribution in [0, 0.1) is 3.57 Å². The zero-order chi connectivity index (χ0) is 18.1. The van der Waals surface area contributed by atoms with Crippen molar-refractivity contribution >= 4 is 56.3 Å². The number of hydrogen-bond donors (Lipinski definition) is 0. The normalized spacial score (nSPS) is 11.5. The number of hydrogen-bond acceptors (Lipinski definition) is 0. The summed E-state index contributed by atoms with van der Waals surface area (Å²) in [5, 5.41) is 5.05. The lowest BCUT2D eigenvalue weighted by Gasteiger charge is -2.10. The van der Waals surface area contributed by atoms with Gasteiger partial charge in [0, 0.05) is 3.57 Å². The van der Waals surface area contributed by atoms with Crippen LogP contribution in [0.4, 0.5) is 0 Å². The van der Waals surface area contributed by atoms with Gasteiger partial charge in [0.2, 0.25) is 0 Å². The topological polar surface area (TPSA) is 0 Å². The molecule has 0 amide bonds. The molecule has 0 aliphatic heterocycles. The van der Waals surface area contributed by atoms with Crippen molar-refractivity contribution < 1.29 is 0 Å². The summed E-state index contributed by atoms with van der Waals surface area (Å²) in [6.45, 7) is 6.05. The first kappa shape index (κ1) is 17.0. The van der Waals surface area contributed by atoms with E-state index in [2.05, 4.69) is 108 Å². The number of fused-ring (bicyclic) bond motifs is 2. The molecule has 0 bridgehead atoms. The van der Waals surface area contributed by atoms with Crippen molar-refractivity contribution in [2.24, 2.45) is 0 Å². The summed E-state index contributed by atoms with van der Waals surface area (Å²) >= 11 is 2.36. The summed E-state index contributed by atoms with van der Waals surface area (Å²) in [6, 6.07) is 24.3. The van der Waals surface area contributed by atoms with E-state index in [1.165, 1.54) is 47.4 Å². The number of benzene rings is 4. The fourth-order valence-corrected chi connectivity index (χ4v) is 4.01. The van der Waals surface area contributed by atoms with Crippen molar-refractivity contribution in [1.82, 2.24) is 0 Å². The minimum Gasteiger partial charge on any atom is -0.0984 e. The molecule has 0 saturated carbocycles. The molecule has 0 aliphatic carbocycles. The minimum absolute atomic E-state index is 1.19. The third-order valence-corrected chi connectivity index (χ3v) is 5.45. The van der Waals surface area contributed by atoms with E-state index in [0.29, 0.717) is 0 Å². The number of allylic oxidation sites excluding steroid dienone is 1. The zero-order valence-electron chi connectivity index (χ0n) is 14.7. The average Bonchev–Trinajstić information content (AvgIpc) is 2.67. The van der Waals surface area contributed by atoms with Crippen LogP contribution in [0.15, 0.2) is 79.4 Å². The highest BCUT2D eigenvalue weighted by Crippen LogP contribution is 2.31. The van der Waals surface area contributed by atoms with Crippen LogP contribution in [0.25, 0.3) is 44.8 Å². The molecule has 0 heterocycles. The van der Waals surface area contributed by atoms with Gasteiger partial charge in [-0.2, -0.15) is 0 Å². The molecule has 0 atom stereocenters. The minimum atomic E-state index is 1.19. The molecule has 0 nitrogen and oxygen atoms in total. The maximum Gasteiger partial charge on any atom is 0.0136 e. The van der Waals surface area contributed by atoms with E-state index in [1.54, 1.807) is 0 Å². The Labute approximate surface area is 168 Å². The summed E-state index contributed by atoms with van der Waals surface area (Å²) in [4.78, 5) is 0. The lowest BCUT2D eigenvalue weighted by atomic mass is 9.94. The average molecular weight is 446 g/mol. The third-order valence-electron chi connectivity index (χ3n) is 4.78. The maximum atomic E-state index is 4.01. The summed E-state index contributed by atoms with van der Waals surface area (Å²) in [5.41, 5.74) is 4.90. The first-order valence-corrected chi connectivity index (χ1v) is 9.79. The first-order chi connectivity index (χ1) is 12.7. The van der Waals surface area contributed by atoms with Crippen molar-refractivity contribution in [3.63, 3.8) is 0 Å². The fraction of sp³-hybridized carbons (Fsp3) is 0.0400. The summed E-state index contributed by atoms with van der Waals surface area (Å²) in [7, 11) is 0. The molecule has 0 aliphatic rings. The van der Waals surface area contributed by atoms with Crippen molar-refractivity contribution in [1.29, 1.82) is 0 Å². The van der Waals surface area contributed by atoms with Gasteiger partial charge in [0.25, 0.3) is 0 Å². The SMILES string of the molecule is C=Cc1c(/C=C\C)ccc2cc(-c3ccc4cc(I)ccc4c3)ccc12. The largest absolute Gasteiger partial charge is 0.0984 e. The quantitative estimate of drug-likeness (QED) is 0.280.